The molecular formula is C27H50KN2O2-. The summed E-state index contributed by atoms with van der Waals surface area (Å²) in [6.45, 7) is 32.6. The van der Waals surface area contributed by atoms with E-state index in [1.165, 1.54) is 0 Å². The summed E-state index contributed by atoms with van der Waals surface area (Å²) in [5.41, 5.74) is -0.480. The van der Waals surface area contributed by atoms with Crippen molar-refractivity contribution in [1.29, 1.82) is 0 Å². The zero-order valence-corrected chi connectivity index (χ0v) is 26.4. The van der Waals surface area contributed by atoms with Gasteiger partial charge in [0.2, 0.25) is 0 Å². The summed E-state index contributed by atoms with van der Waals surface area (Å²) in [5.74, 6) is 0.641. The van der Waals surface area contributed by atoms with Crippen LogP contribution in [0.2, 0.25) is 0 Å². The van der Waals surface area contributed by atoms with E-state index in [9.17, 15) is 9.59 Å². The maximum atomic E-state index is 12.6. The number of hydrogen-bond acceptors (Lipinski definition) is 4. The SMILES string of the molecule is C=CCC(CC=C)(C(=O)C(C)C)N(C)C(C)C.C[C-](C(=O)C(C)C)N(C)C(C)C.[CH-]=C.[K+]. The third-order valence-corrected chi connectivity index (χ3v) is 5.58. The molecule has 0 aliphatic carbocycles. The van der Waals surface area contributed by atoms with E-state index in [4.69, 9.17) is 0 Å². The van der Waals surface area contributed by atoms with Gasteiger partial charge in [0.25, 0.3) is 0 Å². The molecule has 0 aromatic carbocycles. The van der Waals surface area contributed by atoms with Crippen molar-refractivity contribution < 1.29 is 61.0 Å². The van der Waals surface area contributed by atoms with E-state index in [0.29, 0.717) is 24.9 Å². The molecule has 0 aliphatic heterocycles. The fourth-order valence-corrected chi connectivity index (χ4v) is 3.23. The molecule has 0 aliphatic rings. The van der Waals surface area contributed by atoms with Crippen LogP contribution in [0.5, 0.6) is 0 Å². The quantitative estimate of drug-likeness (QED) is 0.248. The summed E-state index contributed by atoms with van der Waals surface area (Å²) >= 11 is 0. The Hall–Kier alpha value is -0.0136. The van der Waals surface area contributed by atoms with E-state index in [-0.39, 0.29) is 74.8 Å². The van der Waals surface area contributed by atoms with Gasteiger partial charge in [-0.1, -0.05) is 53.7 Å². The number of Topliss-reactive ketones (excluding diaryl/α,β-unsaturated/α-hetero) is 2. The Morgan fingerprint density at radius 2 is 1.25 bits per heavy atom. The van der Waals surface area contributed by atoms with Gasteiger partial charge in [0.15, 0.2) is 5.78 Å². The maximum Gasteiger partial charge on any atom is 1.00 e. The van der Waals surface area contributed by atoms with Crippen LogP contribution >= 0.6 is 0 Å². The molecular weight excluding hydrogens is 423 g/mol. The van der Waals surface area contributed by atoms with E-state index < -0.39 is 5.54 Å². The molecule has 0 fully saturated rings. The topological polar surface area (TPSA) is 40.6 Å². The molecule has 4 nitrogen and oxygen atoms in total. The Labute approximate surface area is 243 Å². The summed E-state index contributed by atoms with van der Waals surface area (Å²) in [5, 5.41) is 0. The molecule has 0 amide bonds. The van der Waals surface area contributed by atoms with Crippen molar-refractivity contribution in [2.75, 3.05) is 14.1 Å². The third-order valence-electron chi connectivity index (χ3n) is 5.58. The summed E-state index contributed by atoms with van der Waals surface area (Å²) in [7, 11) is 3.97. The summed E-state index contributed by atoms with van der Waals surface area (Å²) in [6.07, 6.45) is 5.01. The number of likely N-dealkylation sites (N-methyl/N-ethyl adjacent to an activating group) is 2. The van der Waals surface area contributed by atoms with Crippen LogP contribution in [-0.4, -0.2) is 53.1 Å². The molecule has 0 unspecified atom stereocenters. The maximum absolute atomic E-state index is 12.6. The molecule has 0 aromatic rings. The van der Waals surface area contributed by atoms with Crippen molar-refractivity contribution in [2.24, 2.45) is 11.8 Å². The van der Waals surface area contributed by atoms with Gasteiger partial charge in [-0.15, -0.1) is 13.2 Å². The monoisotopic (exact) mass is 473 g/mol. The Morgan fingerprint density at radius 3 is 1.47 bits per heavy atom. The number of hydrogen-bond donors (Lipinski definition) is 0. The van der Waals surface area contributed by atoms with Gasteiger partial charge >= 0.3 is 51.4 Å². The average Bonchev–Trinajstić information content (AvgIpc) is 2.72. The summed E-state index contributed by atoms with van der Waals surface area (Å²) in [4.78, 5) is 28.2. The number of rotatable bonds is 12. The summed E-state index contributed by atoms with van der Waals surface area (Å²) < 4.78 is 0. The molecule has 0 radical (unpaired) electrons. The van der Waals surface area contributed by atoms with Gasteiger partial charge in [-0.05, 0) is 52.7 Å². The van der Waals surface area contributed by atoms with Crippen LogP contribution in [0.3, 0.4) is 0 Å². The fourth-order valence-electron chi connectivity index (χ4n) is 3.23. The molecule has 182 valence electrons. The number of carbonyl (C=O) groups excluding carboxylic acids is 2. The molecule has 0 heterocycles. The van der Waals surface area contributed by atoms with Gasteiger partial charge < -0.3 is 16.3 Å². The van der Waals surface area contributed by atoms with Gasteiger partial charge in [0.1, 0.15) is 0 Å². The van der Waals surface area contributed by atoms with Crippen LogP contribution < -0.4 is 51.4 Å². The van der Waals surface area contributed by atoms with Crippen molar-refractivity contribution >= 4 is 11.6 Å². The first-order chi connectivity index (χ1) is 14.2. The van der Waals surface area contributed by atoms with Crippen LogP contribution in [0.4, 0.5) is 0 Å². The Bertz CT molecular complexity index is 532. The van der Waals surface area contributed by atoms with Crippen LogP contribution in [0.1, 0.15) is 75.2 Å². The van der Waals surface area contributed by atoms with Gasteiger partial charge in [-0.2, -0.15) is 6.92 Å². The van der Waals surface area contributed by atoms with Crippen molar-refractivity contribution in [1.82, 2.24) is 9.80 Å². The van der Waals surface area contributed by atoms with Crippen molar-refractivity contribution in [2.45, 2.75) is 92.8 Å². The molecule has 0 spiro atoms. The molecule has 0 rings (SSSR count). The minimum absolute atomic E-state index is 0. The van der Waals surface area contributed by atoms with E-state index in [1.807, 2.05) is 65.8 Å². The second-order valence-corrected chi connectivity index (χ2v) is 9.05. The number of ketones is 2. The van der Waals surface area contributed by atoms with Crippen molar-refractivity contribution in [3.8, 4) is 0 Å². The molecule has 0 saturated heterocycles. The zero-order chi connectivity index (χ0) is 25.5. The predicted molar refractivity (Wildman–Crippen MR) is 137 cm³/mol. The minimum Gasteiger partial charge on any atom is -0.521 e. The van der Waals surface area contributed by atoms with Gasteiger partial charge in [0, 0.05) is 17.7 Å². The molecule has 0 saturated carbocycles. The predicted octanol–water partition coefficient (Wildman–Crippen LogP) is 3.16. The van der Waals surface area contributed by atoms with Crippen LogP contribution in [0.25, 0.3) is 0 Å². The van der Waals surface area contributed by atoms with Crippen LogP contribution in [0, 0.1) is 24.5 Å². The average molecular weight is 474 g/mol. The molecule has 0 atom stereocenters. The molecule has 0 aromatic heterocycles. The minimum atomic E-state index is -0.480. The fraction of sp³-hybridized carbons (Fsp3) is 0.667. The smallest absolute Gasteiger partial charge is 0.521 e. The molecule has 32 heavy (non-hydrogen) atoms. The standard InChI is InChI=1S/C15H27NO.C10H20NO.C2H3.K/c1-8-10-15(11-9-2,14(17)12(3)4)16(7)13(5)6;1-7(2)10(12)9(5)11(6)8(3)4;1-2;/h8-9,12-13H,1-2,10-11H2,3-7H3;7-8H,1-6H3;1H,2H2;/q;2*-1;+1. The largest absolute Gasteiger partial charge is 1.00 e. The first-order valence-electron chi connectivity index (χ1n) is 11.2. The first-order valence-corrected chi connectivity index (χ1v) is 11.2. The van der Waals surface area contributed by atoms with Crippen LogP contribution in [-0.2, 0) is 9.59 Å². The molecule has 0 N–H and O–H groups in total. The van der Waals surface area contributed by atoms with Crippen molar-refractivity contribution in [3.05, 3.63) is 44.5 Å². The first kappa shape index (κ1) is 39.2. The van der Waals surface area contributed by atoms with E-state index in [0.717, 1.165) is 6.04 Å². The molecule has 5 heteroatoms. The zero-order valence-electron chi connectivity index (χ0n) is 23.3. The van der Waals surface area contributed by atoms with E-state index in [2.05, 4.69) is 58.9 Å². The summed E-state index contributed by atoms with van der Waals surface area (Å²) in [6, 6.07) is 1.57. The third kappa shape index (κ3) is 13.0. The number of nitrogens with zero attached hydrogens (tertiary/aromatic N) is 2. The van der Waals surface area contributed by atoms with Gasteiger partial charge in [-0.25, -0.2) is 0 Å². The van der Waals surface area contributed by atoms with E-state index >= 15 is 0 Å². The van der Waals surface area contributed by atoms with Crippen molar-refractivity contribution in [3.63, 3.8) is 0 Å². The van der Waals surface area contributed by atoms with Crippen LogP contribution in [0.15, 0.2) is 31.9 Å². The second-order valence-electron chi connectivity index (χ2n) is 9.05. The van der Waals surface area contributed by atoms with Gasteiger partial charge in [0.05, 0.1) is 5.54 Å². The van der Waals surface area contributed by atoms with Gasteiger partial charge in [-0.3, -0.25) is 22.3 Å². The Morgan fingerprint density at radius 1 is 0.875 bits per heavy atom. The Kier molecular flexibility index (Phi) is 25.0. The second kappa shape index (κ2) is 20.4. The number of carbonyl (C=O) groups is 2. The molecule has 0 bridgehead atoms. The Balaban J connectivity index is -0.000000231. The normalized spacial score (nSPS) is 10.9. The van der Waals surface area contributed by atoms with E-state index in [1.54, 1.807) is 0 Å².